The number of rotatable bonds is 5. The van der Waals surface area contributed by atoms with Crippen LogP contribution < -0.4 is 0 Å². The van der Waals surface area contributed by atoms with Crippen molar-refractivity contribution in [1.29, 1.82) is 0 Å². The summed E-state index contributed by atoms with van der Waals surface area (Å²) >= 11 is 24.4. The number of halogens is 4. The highest BCUT2D eigenvalue weighted by Crippen LogP contribution is 2.34. The number of alkyl halides is 4. The van der Waals surface area contributed by atoms with Crippen LogP contribution in [-0.4, -0.2) is 20.5 Å². The van der Waals surface area contributed by atoms with E-state index >= 15 is 0 Å². The van der Waals surface area contributed by atoms with Crippen LogP contribution in [0.15, 0.2) is 12.7 Å². The van der Waals surface area contributed by atoms with Crippen LogP contribution in [-0.2, 0) is 0 Å². The van der Waals surface area contributed by atoms with E-state index in [1.165, 1.54) is 0 Å². The van der Waals surface area contributed by atoms with Crippen LogP contribution in [0.4, 0.5) is 0 Å². The number of hydrogen-bond acceptors (Lipinski definition) is 0. The fraction of sp³-hybridized carbons (Fsp3) is 0.800. The molecule has 0 aliphatic heterocycles. The minimum Gasteiger partial charge on any atom is -0.121 e. The first-order chi connectivity index (χ1) is 6.11. The summed E-state index contributed by atoms with van der Waals surface area (Å²) < 4.78 is 0. The summed E-state index contributed by atoms with van der Waals surface area (Å²) in [5.41, 5.74) is 0. The van der Waals surface area contributed by atoms with Gasteiger partial charge in [0.2, 0.25) is 0 Å². The van der Waals surface area contributed by atoms with E-state index in [2.05, 4.69) is 6.58 Å². The Morgan fingerprint density at radius 1 is 1.14 bits per heavy atom. The van der Waals surface area contributed by atoms with Crippen LogP contribution in [0.3, 0.4) is 0 Å². The van der Waals surface area contributed by atoms with Crippen LogP contribution in [0.5, 0.6) is 0 Å². The Balaban J connectivity index is 4.33. The van der Waals surface area contributed by atoms with Crippen molar-refractivity contribution in [2.45, 2.75) is 47.7 Å². The Labute approximate surface area is 107 Å². The highest BCUT2D eigenvalue weighted by molar-refractivity contribution is 6.35. The number of allylic oxidation sites excluding steroid dienone is 1. The largest absolute Gasteiger partial charge is 0.121 e. The van der Waals surface area contributed by atoms with Crippen molar-refractivity contribution in [2.24, 2.45) is 0 Å². The van der Waals surface area contributed by atoms with Gasteiger partial charge in [0.1, 0.15) is 0 Å². The second kappa shape index (κ2) is 5.30. The monoisotopic (exact) mass is 276 g/mol. The average Bonchev–Trinajstić information content (AvgIpc) is 2.02. The standard InChI is InChI=1S/C10H16Cl4/c1-5-10(4,14)8(12)6-7(11)9(2,3)13/h5,7-8H,1,6H2,2-4H3/t7-,8+,10-/m1/s1. The number of hydrogen-bond donors (Lipinski definition) is 0. The van der Waals surface area contributed by atoms with Gasteiger partial charge in [-0.2, -0.15) is 0 Å². The minimum absolute atomic E-state index is 0.218. The Bertz CT molecular complexity index is 193. The Kier molecular flexibility index (Phi) is 5.64. The van der Waals surface area contributed by atoms with Crippen LogP contribution in [0, 0.1) is 0 Å². The SMILES string of the molecule is C=C[C@@](C)(Cl)[C@@H](Cl)C[C@@H](Cl)C(C)(C)Cl. The fourth-order valence-electron chi connectivity index (χ4n) is 0.820. The molecule has 0 bridgehead atoms. The zero-order valence-electron chi connectivity index (χ0n) is 8.66. The molecule has 0 unspecified atom stereocenters. The van der Waals surface area contributed by atoms with Crippen molar-refractivity contribution in [2.75, 3.05) is 0 Å². The van der Waals surface area contributed by atoms with Gasteiger partial charge in [-0.3, -0.25) is 0 Å². The molecule has 0 radical (unpaired) electrons. The maximum Gasteiger partial charge on any atom is 0.0758 e. The van der Waals surface area contributed by atoms with Crippen LogP contribution in [0.1, 0.15) is 27.2 Å². The van der Waals surface area contributed by atoms with Crippen LogP contribution >= 0.6 is 46.4 Å². The van der Waals surface area contributed by atoms with Crippen molar-refractivity contribution in [3.05, 3.63) is 12.7 Å². The lowest BCUT2D eigenvalue weighted by Crippen LogP contribution is -2.34. The molecule has 0 aliphatic rings. The van der Waals surface area contributed by atoms with Crippen LogP contribution in [0.2, 0.25) is 0 Å². The highest BCUT2D eigenvalue weighted by Gasteiger charge is 2.34. The van der Waals surface area contributed by atoms with Crippen molar-refractivity contribution in [3.63, 3.8) is 0 Å². The summed E-state index contributed by atoms with van der Waals surface area (Å²) in [7, 11) is 0. The van der Waals surface area contributed by atoms with Gasteiger partial charge in [-0.15, -0.1) is 53.0 Å². The molecular formula is C10H16Cl4. The van der Waals surface area contributed by atoms with E-state index in [9.17, 15) is 0 Å². The molecule has 84 valence electrons. The zero-order chi connectivity index (χ0) is 11.6. The van der Waals surface area contributed by atoms with E-state index < -0.39 is 9.75 Å². The average molecular weight is 278 g/mol. The van der Waals surface area contributed by atoms with Gasteiger partial charge in [-0.1, -0.05) is 6.08 Å². The molecule has 0 heterocycles. The minimum atomic E-state index is -0.642. The summed E-state index contributed by atoms with van der Waals surface area (Å²) in [5.74, 6) is 0. The summed E-state index contributed by atoms with van der Waals surface area (Å²) in [5, 5.41) is -0.494. The normalized spacial score (nSPS) is 21.1. The van der Waals surface area contributed by atoms with Gasteiger partial charge < -0.3 is 0 Å². The highest BCUT2D eigenvalue weighted by atomic mass is 35.5. The molecule has 0 saturated heterocycles. The molecule has 0 saturated carbocycles. The molecule has 0 spiro atoms. The first-order valence-corrected chi connectivity index (χ1v) is 6.03. The summed E-state index contributed by atoms with van der Waals surface area (Å²) in [4.78, 5) is -1.13. The van der Waals surface area contributed by atoms with Gasteiger partial charge in [-0.05, 0) is 27.2 Å². The summed E-state index contributed by atoms with van der Waals surface area (Å²) in [6.45, 7) is 9.15. The summed E-state index contributed by atoms with van der Waals surface area (Å²) in [6, 6.07) is 0. The molecule has 0 rings (SSSR count). The maximum absolute atomic E-state index is 6.13. The molecule has 14 heavy (non-hydrogen) atoms. The van der Waals surface area contributed by atoms with Gasteiger partial charge in [0, 0.05) is 0 Å². The Morgan fingerprint density at radius 2 is 1.57 bits per heavy atom. The van der Waals surface area contributed by atoms with E-state index in [1.54, 1.807) is 6.08 Å². The fourth-order valence-corrected chi connectivity index (χ4v) is 1.54. The summed E-state index contributed by atoms with van der Waals surface area (Å²) in [6.07, 6.45) is 2.17. The van der Waals surface area contributed by atoms with Crippen molar-refractivity contribution < 1.29 is 0 Å². The zero-order valence-corrected chi connectivity index (χ0v) is 11.7. The third-order valence-corrected chi connectivity index (χ3v) is 4.43. The smallest absolute Gasteiger partial charge is 0.0758 e. The van der Waals surface area contributed by atoms with Crippen LogP contribution in [0.25, 0.3) is 0 Å². The van der Waals surface area contributed by atoms with E-state index in [0.29, 0.717) is 6.42 Å². The maximum atomic E-state index is 6.13. The molecule has 0 amide bonds. The quantitative estimate of drug-likeness (QED) is 0.501. The molecule has 0 nitrogen and oxygen atoms in total. The van der Waals surface area contributed by atoms with Crippen molar-refractivity contribution >= 4 is 46.4 Å². The van der Waals surface area contributed by atoms with E-state index in [4.69, 9.17) is 46.4 Å². The molecule has 0 aliphatic carbocycles. The van der Waals surface area contributed by atoms with E-state index in [-0.39, 0.29) is 10.8 Å². The van der Waals surface area contributed by atoms with Gasteiger partial charge >= 0.3 is 0 Å². The predicted octanol–water partition coefficient (Wildman–Crippen LogP) is 4.79. The lowest BCUT2D eigenvalue weighted by molar-refractivity contribution is 0.552. The van der Waals surface area contributed by atoms with Crippen molar-refractivity contribution in [1.82, 2.24) is 0 Å². The first kappa shape index (κ1) is 14.9. The van der Waals surface area contributed by atoms with Gasteiger partial charge in [0.05, 0.1) is 20.5 Å². The second-order valence-electron chi connectivity index (χ2n) is 4.09. The molecule has 0 aromatic rings. The second-order valence-corrected chi connectivity index (χ2v) is 6.93. The van der Waals surface area contributed by atoms with Gasteiger partial charge in [-0.25, -0.2) is 0 Å². The van der Waals surface area contributed by atoms with E-state index in [0.717, 1.165) is 0 Å². The molecule has 4 heteroatoms. The Hall–Kier alpha value is 0.900. The van der Waals surface area contributed by atoms with Gasteiger partial charge in [0.25, 0.3) is 0 Å². The molecule has 0 N–H and O–H groups in total. The first-order valence-electron chi connectivity index (χ1n) is 4.41. The third-order valence-electron chi connectivity index (χ3n) is 2.17. The topological polar surface area (TPSA) is 0 Å². The molecule has 3 atom stereocenters. The molecule has 0 aromatic heterocycles. The molecule has 0 aromatic carbocycles. The van der Waals surface area contributed by atoms with Crippen molar-refractivity contribution in [3.8, 4) is 0 Å². The predicted molar refractivity (Wildman–Crippen MR) is 68.3 cm³/mol. The molecular weight excluding hydrogens is 262 g/mol. The van der Waals surface area contributed by atoms with Gasteiger partial charge in [0.15, 0.2) is 0 Å². The third kappa shape index (κ3) is 4.61. The lowest BCUT2D eigenvalue weighted by Gasteiger charge is -2.29. The Morgan fingerprint density at radius 3 is 1.86 bits per heavy atom. The lowest BCUT2D eigenvalue weighted by atomic mass is 9.97. The van der Waals surface area contributed by atoms with E-state index in [1.807, 2.05) is 20.8 Å². The molecule has 0 fully saturated rings.